The first kappa shape index (κ1) is 8.68. The van der Waals surface area contributed by atoms with Gasteiger partial charge in [0.2, 0.25) is 0 Å². The zero-order chi connectivity index (χ0) is 8.65. The summed E-state index contributed by atoms with van der Waals surface area (Å²) in [6.45, 7) is 8.07. The van der Waals surface area contributed by atoms with E-state index in [1.54, 1.807) is 0 Å². The van der Waals surface area contributed by atoms with E-state index in [-0.39, 0.29) is 10.8 Å². The topological polar surface area (TPSA) is 0 Å². The second-order valence-corrected chi connectivity index (χ2v) is 4.00. The zero-order valence-electron chi connectivity index (χ0n) is 7.46. The van der Waals surface area contributed by atoms with E-state index in [0.717, 1.165) is 0 Å². The molecule has 0 unspecified atom stereocenters. The van der Waals surface area contributed by atoms with E-state index in [2.05, 4.69) is 25.7 Å². The molecule has 0 amide bonds. The molecular formula is C10H13Cl. The third-order valence-corrected chi connectivity index (χ3v) is 3.09. The Bertz CT molecular complexity index is 260. The van der Waals surface area contributed by atoms with Crippen LogP contribution < -0.4 is 0 Å². The lowest BCUT2D eigenvalue weighted by Crippen LogP contribution is -2.40. The molecule has 0 saturated carbocycles. The van der Waals surface area contributed by atoms with E-state index in [0.29, 0.717) is 0 Å². The summed E-state index contributed by atoms with van der Waals surface area (Å²) in [5.74, 6) is 6.29. The molecule has 0 aromatic heterocycles. The molecule has 0 fully saturated rings. The molecule has 0 spiro atoms. The highest BCUT2D eigenvalue weighted by atomic mass is 35.5. The minimum absolute atomic E-state index is 0.201. The Morgan fingerprint density at radius 1 is 1.45 bits per heavy atom. The number of allylic oxidation sites excluding steroid dienone is 2. The van der Waals surface area contributed by atoms with E-state index in [1.807, 2.05) is 13.8 Å². The van der Waals surface area contributed by atoms with E-state index in [1.165, 1.54) is 11.1 Å². The molecule has 0 nitrogen and oxygen atoms in total. The maximum atomic E-state index is 6.23. The summed E-state index contributed by atoms with van der Waals surface area (Å²) >= 11 is 6.23. The van der Waals surface area contributed by atoms with E-state index in [9.17, 15) is 0 Å². The van der Waals surface area contributed by atoms with Crippen molar-refractivity contribution in [2.24, 2.45) is 5.92 Å². The Balaban J connectivity index is 2.96. The summed E-state index contributed by atoms with van der Waals surface area (Å²) in [6.07, 6.45) is 0. The Kier molecular flexibility index (Phi) is 2.03. The van der Waals surface area contributed by atoms with Gasteiger partial charge < -0.3 is 0 Å². The Morgan fingerprint density at radius 3 is 2.36 bits per heavy atom. The standard InChI is InChI=1S/C10H13Cl/c1-5-6-9-7(2)8(3)10(9,4)11/h9H,1-4H3/t9-,10+/m0/s1. The number of hydrogen-bond donors (Lipinski definition) is 0. The van der Waals surface area contributed by atoms with Gasteiger partial charge in [-0.15, -0.1) is 17.5 Å². The zero-order valence-corrected chi connectivity index (χ0v) is 8.21. The molecule has 0 saturated heterocycles. The van der Waals surface area contributed by atoms with Crippen LogP contribution in [0.5, 0.6) is 0 Å². The fourth-order valence-electron chi connectivity index (χ4n) is 1.54. The predicted octanol–water partition coefficient (Wildman–Crippen LogP) is 2.97. The molecule has 1 aliphatic rings. The molecule has 0 aliphatic heterocycles. The van der Waals surface area contributed by atoms with Crippen LogP contribution in [0, 0.1) is 17.8 Å². The summed E-state index contributed by atoms with van der Waals surface area (Å²) < 4.78 is 0. The van der Waals surface area contributed by atoms with Crippen molar-refractivity contribution in [2.75, 3.05) is 0 Å². The first-order chi connectivity index (χ1) is 5.01. The fourth-order valence-corrected chi connectivity index (χ4v) is 1.90. The van der Waals surface area contributed by atoms with Crippen LogP contribution in [0.4, 0.5) is 0 Å². The van der Waals surface area contributed by atoms with Crippen LogP contribution in [-0.2, 0) is 0 Å². The minimum atomic E-state index is -0.201. The highest BCUT2D eigenvalue weighted by Gasteiger charge is 2.43. The van der Waals surface area contributed by atoms with Crippen molar-refractivity contribution < 1.29 is 0 Å². The van der Waals surface area contributed by atoms with Crippen molar-refractivity contribution in [3.05, 3.63) is 11.1 Å². The fraction of sp³-hybridized carbons (Fsp3) is 0.600. The minimum Gasteiger partial charge on any atom is -0.113 e. The van der Waals surface area contributed by atoms with Gasteiger partial charge in [-0.3, -0.25) is 0 Å². The molecule has 0 radical (unpaired) electrons. The van der Waals surface area contributed by atoms with Gasteiger partial charge in [-0.1, -0.05) is 17.1 Å². The van der Waals surface area contributed by atoms with Gasteiger partial charge in [0, 0.05) is 0 Å². The van der Waals surface area contributed by atoms with Crippen LogP contribution in [0.15, 0.2) is 11.1 Å². The first-order valence-electron chi connectivity index (χ1n) is 3.81. The summed E-state index contributed by atoms with van der Waals surface area (Å²) in [5, 5.41) is 0. The molecule has 2 atom stereocenters. The van der Waals surface area contributed by atoms with E-state index >= 15 is 0 Å². The number of hydrogen-bond acceptors (Lipinski definition) is 0. The van der Waals surface area contributed by atoms with Gasteiger partial charge in [-0.2, -0.15) is 0 Å². The number of alkyl halides is 1. The lowest BCUT2D eigenvalue weighted by molar-refractivity contribution is 0.522. The molecule has 0 bridgehead atoms. The molecule has 60 valence electrons. The smallest absolute Gasteiger partial charge is 0.0801 e. The van der Waals surface area contributed by atoms with Crippen LogP contribution in [0.25, 0.3) is 0 Å². The molecule has 1 aliphatic carbocycles. The molecule has 0 N–H and O–H groups in total. The molecular weight excluding hydrogens is 156 g/mol. The third-order valence-electron chi connectivity index (χ3n) is 2.59. The van der Waals surface area contributed by atoms with Gasteiger partial charge in [0.05, 0.1) is 10.8 Å². The normalized spacial score (nSPS) is 35.9. The third kappa shape index (κ3) is 1.08. The SMILES string of the molecule is CC#C[C@H]1C(C)=C(C)[C@@]1(C)Cl. The highest BCUT2D eigenvalue weighted by Crippen LogP contribution is 2.48. The van der Waals surface area contributed by atoms with Crippen LogP contribution in [0.2, 0.25) is 0 Å². The van der Waals surface area contributed by atoms with Gasteiger partial charge in [0.1, 0.15) is 0 Å². The quantitative estimate of drug-likeness (QED) is 0.296. The molecule has 0 aromatic carbocycles. The van der Waals surface area contributed by atoms with Crippen molar-refractivity contribution >= 4 is 11.6 Å². The van der Waals surface area contributed by atoms with Gasteiger partial charge in [0.25, 0.3) is 0 Å². The lowest BCUT2D eigenvalue weighted by atomic mass is 9.70. The van der Waals surface area contributed by atoms with Crippen LogP contribution >= 0.6 is 11.6 Å². The Labute approximate surface area is 73.6 Å². The summed E-state index contributed by atoms with van der Waals surface area (Å²) in [6, 6.07) is 0. The van der Waals surface area contributed by atoms with E-state index < -0.39 is 0 Å². The van der Waals surface area contributed by atoms with Gasteiger partial charge in [0.15, 0.2) is 0 Å². The molecule has 1 heteroatoms. The van der Waals surface area contributed by atoms with E-state index in [4.69, 9.17) is 11.6 Å². The van der Waals surface area contributed by atoms with Crippen LogP contribution in [0.3, 0.4) is 0 Å². The Morgan fingerprint density at radius 2 is 2.00 bits per heavy atom. The van der Waals surface area contributed by atoms with Crippen molar-refractivity contribution in [1.29, 1.82) is 0 Å². The van der Waals surface area contributed by atoms with Gasteiger partial charge in [-0.05, 0) is 27.7 Å². The largest absolute Gasteiger partial charge is 0.113 e. The van der Waals surface area contributed by atoms with Crippen LogP contribution in [-0.4, -0.2) is 4.87 Å². The first-order valence-corrected chi connectivity index (χ1v) is 4.18. The van der Waals surface area contributed by atoms with Crippen LogP contribution in [0.1, 0.15) is 27.7 Å². The average molecular weight is 169 g/mol. The molecule has 0 aromatic rings. The van der Waals surface area contributed by atoms with Crippen molar-refractivity contribution in [3.63, 3.8) is 0 Å². The molecule has 0 heterocycles. The summed E-state index contributed by atoms with van der Waals surface area (Å²) in [7, 11) is 0. The second-order valence-electron chi connectivity index (χ2n) is 3.21. The maximum absolute atomic E-state index is 6.23. The van der Waals surface area contributed by atoms with Crippen molar-refractivity contribution in [3.8, 4) is 11.8 Å². The summed E-state index contributed by atoms with van der Waals surface area (Å²) in [5.41, 5.74) is 2.63. The van der Waals surface area contributed by atoms with Crippen molar-refractivity contribution in [1.82, 2.24) is 0 Å². The monoisotopic (exact) mass is 168 g/mol. The lowest BCUT2D eigenvalue weighted by Gasteiger charge is -2.41. The number of rotatable bonds is 0. The van der Waals surface area contributed by atoms with Crippen molar-refractivity contribution in [2.45, 2.75) is 32.6 Å². The second kappa shape index (κ2) is 2.57. The van der Waals surface area contributed by atoms with Gasteiger partial charge in [-0.25, -0.2) is 0 Å². The van der Waals surface area contributed by atoms with Gasteiger partial charge >= 0.3 is 0 Å². The predicted molar refractivity (Wildman–Crippen MR) is 49.6 cm³/mol. The Hall–Kier alpha value is -0.410. The average Bonchev–Trinajstić information content (AvgIpc) is 1.98. The summed E-state index contributed by atoms with van der Waals surface area (Å²) in [4.78, 5) is -0.201. The maximum Gasteiger partial charge on any atom is 0.0801 e. The highest BCUT2D eigenvalue weighted by molar-refractivity contribution is 6.27. The number of halogens is 1. The molecule has 11 heavy (non-hydrogen) atoms. The molecule has 1 rings (SSSR count).